The monoisotopic (exact) mass is 327 g/mol. The lowest BCUT2D eigenvalue weighted by molar-refractivity contribution is 0.0953. The lowest BCUT2D eigenvalue weighted by Crippen LogP contribution is -2.18. The minimum Gasteiger partial charge on any atom is -0.376 e. The minimum atomic E-state index is -0.0795. The number of rotatable bonds is 5. The zero-order chi connectivity index (χ0) is 14.0. The molecule has 19 heavy (non-hydrogen) atoms. The van der Waals surface area contributed by atoms with E-state index in [0.29, 0.717) is 6.10 Å². The zero-order valence-electron chi connectivity index (χ0n) is 11.9. The Balaban J connectivity index is 2.21. The second-order valence-corrected chi connectivity index (χ2v) is 6.38. The molecular formula is C15H22BrNO2. The number of alkyl halides is 1. The molecule has 3 nitrogen and oxygen atoms in total. The molecule has 1 saturated heterocycles. The topological polar surface area (TPSA) is 31.2 Å². The molecule has 4 heteroatoms. The van der Waals surface area contributed by atoms with Crippen molar-refractivity contribution in [2.75, 3.05) is 6.61 Å². The van der Waals surface area contributed by atoms with Gasteiger partial charge in [-0.25, -0.2) is 0 Å². The number of hydrogen-bond donors (Lipinski definition) is 0. The third kappa shape index (κ3) is 3.11. The second kappa shape index (κ2) is 6.23. The number of Topliss-reactive ketones (excluding diaryl/α,β-unsaturated/α-hetero) is 1. The fraction of sp³-hybridized carbons (Fsp3) is 0.667. The molecule has 0 aliphatic carbocycles. The van der Waals surface area contributed by atoms with Crippen LogP contribution in [0.2, 0.25) is 0 Å². The van der Waals surface area contributed by atoms with Crippen molar-refractivity contribution in [1.29, 1.82) is 0 Å². The van der Waals surface area contributed by atoms with E-state index in [1.54, 1.807) is 0 Å². The maximum absolute atomic E-state index is 12.3. The quantitative estimate of drug-likeness (QED) is 0.610. The molecule has 1 aromatic rings. The molecule has 106 valence electrons. The van der Waals surface area contributed by atoms with Crippen LogP contribution in [0.4, 0.5) is 0 Å². The van der Waals surface area contributed by atoms with E-state index in [1.165, 1.54) is 0 Å². The van der Waals surface area contributed by atoms with Gasteiger partial charge in [0.15, 0.2) is 5.78 Å². The Kier molecular flexibility index (Phi) is 4.85. The largest absolute Gasteiger partial charge is 0.376 e. The standard InChI is InChI=1S/C15H22BrNO2/c1-4-14(16)15(18)13-8-10(2)17(11(13)3)9-12-6-5-7-19-12/h8,12,14H,4-7,9H2,1-3H3. The van der Waals surface area contributed by atoms with E-state index in [4.69, 9.17) is 4.74 Å². The van der Waals surface area contributed by atoms with Gasteiger partial charge in [0.1, 0.15) is 0 Å². The summed E-state index contributed by atoms with van der Waals surface area (Å²) in [6.07, 6.45) is 3.39. The average molecular weight is 328 g/mol. The van der Waals surface area contributed by atoms with Crippen LogP contribution in [0.1, 0.15) is 47.9 Å². The highest BCUT2D eigenvalue weighted by molar-refractivity contribution is 9.10. The summed E-state index contributed by atoms with van der Waals surface area (Å²) in [6, 6.07) is 2.01. The minimum absolute atomic E-state index is 0.0795. The first kappa shape index (κ1) is 14.8. The molecule has 0 radical (unpaired) electrons. The lowest BCUT2D eigenvalue weighted by Gasteiger charge is -2.15. The van der Waals surface area contributed by atoms with Gasteiger partial charge in [-0.15, -0.1) is 0 Å². The summed E-state index contributed by atoms with van der Waals surface area (Å²) < 4.78 is 7.91. The fourth-order valence-corrected chi connectivity index (χ4v) is 2.92. The summed E-state index contributed by atoms with van der Waals surface area (Å²) >= 11 is 3.45. The molecule has 0 amide bonds. The maximum Gasteiger partial charge on any atom is 0.178 e. The average Bonchev–Trinajstić information content (AvgIpc) is 3.00. The van der Waals surface area contributed by atoms with Gasteiger partial charge in [0.2, 0.25) is 0 Å². The molecule has 2 heterocycles. The van der Waals surface area contributed by atoms with E-state index in [0.717, 1.165) is 49.4 Å². The van der Waals surface area contributed by atoms with E-state index in [1.807, 2.05) is 19.9 Å². The molecule has 1 aromatic heterocycles. The van der Waals surface area contributed by atoms with Crippen LogP contribution in [0.5, 0.6) is 0 Å². The SMILES string of the molecule is CCC(Br)C(=O)c1cc(C)n(CC2CCCO2)c1C. The maximum atomic E-state index is 12.3. The highest BCUT2D eigenvalue weighted by atomic mass is 79.9. The Hall–Kier alpha value is -0.610. The smallest absolute Gasteiger partial charge is 0.178 e. The molecule has 0 aromatic carbocycles. The number of carbonyl (C=O) groups excluding carboxylic acids is 1. The summed E-state index contributed by atoms with van der Waals surface area (Å²) in [5.41, 5.74) is 3.06. The number of ketones is 1. The van der Waals surface area contributed by atoms with Crippen LogP contribution in [0.3, 0.4) is 0 Å². The molecule has 2 atom stereocenters. The van der Waals surface area contributed by atoms with Crippen molar-refractivity contribution in [3.05, 3.63) is 23.0 Å². The molecule has 0 saturated carbocycles. The Bertz CT molecular complexity index is 461. The van der Waals surface area contributed by atoms with E-state index in [2.05, 4.69) is 27.4 Å². The first-order valence-electron chi connectivity index (χ1n) is 7.01. The van der Waals surface area contributed by atoms with Gasteiger partial charge in [-0.05, 0) is 39.2 Å². The molecule has 2 rings (SSSR count). The zero-order valence-corrected chi connectivity index (χ0v) is 13.5. The van der Waals surface area contributed by atoms with Crippen molar-refractivity contribution < 1.29 is 9.53 Å². The number of halogens is 1. The van der Waals surface area contributed by atoms with Crippen LogP contribution in [0, 0.1) is 13.8 Å². The van der Waals surface area contributed by atoms with Crippen LogP contribution in [0.15, 0.2) is 6.07 Å². The Morgan fingerprint density at radius 1 is 1.58 bits per heavy atom. The van der Waals surface area contributed by atoms with Gasteiger partial charge in [-0.2, -0.15) is 0 Å². The van der Waals surface area contributed by atoms with Crippen molar-refractivity contribution in [3.8, 4) is 0 Å². The summed E-state index contributed by atoms with van der Waals surface area (Å²) in [6.45, 7) is 7.85. The summed E-state index contributed by atoms with van der Waals surface area (Å²) in [4.78, 5) is 12.2. The van der Waals surface area contributed by atoms with Gasteiger partial charge in [-0.3, -0.25) is 4.79 Å². The number of hydrogen-bond acceptors (Lipinski definition) is 2. The van der Waals surface area contributed by atoms with Gasteiger partial charge in [0.25, 0.3) is 0 Å². The van der Waals surface area contributed by atoms with Gasteiger partial charge in [0.05, 0.1) is 10.9 Å². The Labute approximate surface area is 123 Å². The van der Waals surface area contributed by atoms with E-state index in [-0.39, 0.29) is 10.6 Å². The molecule has 1 fully saturated rings. The van der Waals surface area contributed by atoms with Crippen molar-refractivity contribution in [1.82, 2.24) is 4.57 Å². The summed E-state index contributed by atoms with van der Waals surface area (Å²) in [5.74, 6) is 0.189. The highest BCUT2D eigenvalue weighted by Gasteiger charge is 2.23. The van der Waals surface area contributed by atoms with Crippen molar-refractivity contribution in [2.45, 2.75) is 57.5 Å². The third-order valence-corrected chi connectivity index (χ3v) is 4.96. The predicted octanol–water partition coefficient (Wildman–Crippen LogP) is 3.64. The molecule has 0 spiro atoms. The Morgan fingerprint density at radius 2 is 2.32 bits per heavy atom. The van der Waals surface area contributed by atoms with E-state index < -0.39 is 0 Å². The second-order valence-electron chi connectivity index (χ2n) is 5.27. The van der Waals surface area contributed by atoms with Gasteiger partial charge in [-0.1, -0.05) is 22.9 Å². The molecule has 1 aliphatic rings. The molecule has 0 bridgehead atoms. The molecular weight excluding hydrogens is 306 g/mol. The van der Waals surface area contributed by atoms with Crippen LogP contribution in [-0.2, 0) is 11.3 Å². The van der Waals surface area contributed by atoms with Gasteiger partial charge >= 0.3 is 0 Å². The van der Waals surface area contributed by atoms with Crippen molar-refractivity contribution in [2.24, 2.45) is 0 Å². The van der Waals surface area contributed by atoms with E-state index in [9.17, 15) is 4.79 Å². The number of nitrogens with zero attached hydrogens (tertiary/aromatic N) is 1. The summed E-state index contributed by atoms with van der Waals surface area (Å²) in [7, 11) is 0. The lowest BCUT2D eigenvalue weighted by atomic mass is 10.1. The van der Waals surface area contributed by atoms with Crippen LogP contribution < -0.4 is 0 Å². The number of carbonyl (C=O) groups is 1. The van der Waals surface area contributed by atoms with E-state index >= 15 is 0 Å². The van der Waals surface area contributed by atoms with Gasteiger partial charge in [0, 0.05) is 30.1 Å². The Morgan fingerprint density at radius 3 is 2.89 bits per heavy atom. The van der Waals surface area contributed by atoms with Crippen molar-refractivity contribution >= 4 is 21.7 Å². The molecule has 0 N–H and O–H groups in total. The normalized spacial score (nSPS) is 20.7. The molecule has 1 aliphatic heterocycles. The van der Waals surface area contributed by atoms with Crippen LogP contribution in [0.25, 0.3) is 0 Å². The van der Waals surface area contributed by atoms with Gasteiger partial charge < -0.3 is 9.30 Å². The highest BCUT2D eigenvalue weighted by Crippen LogP contribution is 2.23. The first-order valence-corrected chi connectivity index (χ1v) is 7.92. The third-order valence-electron chi connectivity index (χ3n) is 3.89. The fourth-order valence-electron chi connectivity index (χ4n) is 2.68. The number of aromatic nitrogens is 1. The molecule has 2 unspecified atom stereocenters. The number of aryl methyl sites for hydroxylation is 1. The first-order chi connectivity index (χ1) is 9.04. The van der Waals surface area contributed by atoms with Crippen molar-refractivity contribution in [3.63, 3.8) is 0 Å². The number of ether oxygens (including phenoxy) is 1. The van der Waals surface area contributed by atoms with Crippen LogP contribution >= 0.6 is 15.9 Å². The summed E-state index contributed by atoms with van der Waals surface area (Å²) in [5, 5.41) is 0. The van der Waals surface area contributed by atoms with Crippen LogP contribution in [-0.4, -0.2) is 27.9 Å². The predicted molar refractivity (Wildman–Crippen MR) is 80.2 cm³/mol.